The van der Waals surface area contributed by atoms with Crippen molar-refractivity contribution in [3.8, 4) is 0 Å². The van der Waals surface area contributed by atoms with Crippen LogP contribution in [0.2, 0.25) is 0 Å². The van der Waals surface area contributed by atoms with E-state index in [1.165, 1.54) is 0 Å². The minimum Gasteiger partial charge on any atom is -0.481 e. The van der Waals surface area contributed by atoms with Gasteiger partial charge in [-0.05, 0) is 30.6 Å². The highest BCUT2D eigenvalue weighted by molar-refractivity contribution is 5.77. The summed E-state index contributed by atoms with van der Waals surface area (Å²) in [5.74, 6) is -0.948. The van der Waals surface area contributed by atoms with Gasteiger partial charge in [0.2, 0.25) is 5.91 Å². The van der Waals surface area contributed by atoms with E-state index in [9.17, 15) is 9.59 Å². The van der Waals surface area contributed by atoms with Crippen LogP contribution in [-0.2, 0) is 9.59 Å². The Morgan fingerprint density at radius 3 is 2.53 bits per heavy atom. The van der Waals surface area contributed by atoms with Crippen LogP contribution >= 0.6 is 0 Å². The van der Waals surface area contributed by atoms with Crippen LogP contribution in [0.25, 0.3) is 0 Å². The van der Waals surface area contributed by atoms with E-state index in [1.807, 2.05) is 0 Å². The monoisotopic (exact) mass is 241 g/mol. The summed E-state index contributed by atoms with van der Waals surface area (Å²) < 4.78 is 0. The molecule has 0 aliphatic heterocycles. The highest BCUT2D eigenvalue weighted by Crippen LogP contribution is 2.36. The summed E-state index contributed by atoms with van der Waals surface area (Å²) in [4.78, 5) is 22.2. The Morgan fingerprint density at radius 1 is 1.41 bits per heavy atom. The first-order valence-electron chi connectivity index (χ1n) is 6.30. The quantitative estimate of drug-likeness (QED) is 0.775. The van der Waals surface area contributed by atoms with Crippen LogP contribution in [0.4, 0.5) is 0 Å². The predicted octanol–water partition coefficient (Wildman–Crippen LogP) is 2.18. The Morgan fingerprint density at radius 2 is 2.06 bits per heavy atom. The fourth-order valence-corrected chi connectivity index (χ4v) is 2.53. The molecule has 1 saturated carbocycles. The Bertz CT molecular complexity index is 299. The van der Waals surface area contributed by atoms with Crippen molar-refractivity contribution >= 4 is 11.9 Å². The molecule has 2 N–H and O–H groups in total. The number of rotatable bonds is 5. The number of nitrogens with one attached hydrogen (secondary N) is 1. The van der Waals surface area contributed by atoms with Crippen molar-refractivity contribution in [3.63, 3.8) is 0 Å². The van der Waals surface area contributed by atoms with E-state index in [4.69, 9.17) is 5.11 Å². The molecule has 0 spiro atoms. The van der Waals surface area contributed by atoms with Gasteiger partial charge >= 0.3 is 5.97 Å². The molecule has 0 saturated heterocycles. The van der Waals surface area contributed by atoms with E-state index in [1.54, 1.807) is 6.92 Å². The zero-order valence-electron chi connectivity index (χ0n) is 11.0. The van der Waals surface area contributed by atoms with Crippen LogP contribution in [0, 0.1) is 11.3 Å². The molecule has 1 aliphatic carbocycles. The number of carbonyl (C=O) groups excluding carboxylic acids is 1. The molecule has 2 atom stereocenters. The van der Waals surface area contributed by atoms with Crippen LogP contribution in [0.15, 0.2) is 0 Å². The number of aliphatic carboxylic acids is 1. The predicted molar refractivity (Wildman–Crippen MR) is 65.6 cm³/mol. The van der Waals surface area contributed by atoms with Crippen molar-refractivity contribution in [1.82, 2.24) is 5.32 Å². The van der Waals surface area contributed by atoms with E-state index in [0.717, 1.165) is 19.3 Å². The number of hydrogen-bond acceptors (Lipinski definition) is 2. The summed E-state index contributed by atoms with van der Waals surface area (Å²) in [5.41, 5.74) is 0.324. The summed E-state index contributed by atoms with van der Waals surface area (Å²) in [6, 6.07) is 0.273. The maximum Gasteiger partial charge on any atom is 0.303 e. The fourth-order valence-electron chi connectivity index (χ4n) is 2.53. The molecule has 0 aromatic rings. The summed E-state index contributed by atoms with van der Waals surface area (Å²) in [6.07, 6.45) is 3.56. The van der Waals surface area contributed by atoms with Gasteiger partial charge in [0.25, 0.3) is 0 Å². The van der Waals surface area contributed by atoms with Crippen LogP contribution < -0.4 is 5.32 Å². The van der Waals surface area contributed by atoms with E-state index in [-0.39, 0.29) is 24.3 Å². The molecule has 0 heterocycles. The molecule has 0 bridgehead atoms. The molecule has 1 aliphatic rings. The third-order valence-corrected chi connectivity index (χ3v) is 3.39. The zero-order chi connectivity index (χ0) is 13.1. The van der Waals surface area contributed by atoms with Crippen LogP contribution in [-0.4, -0.2) is 23.0 Å². The number of amides is 1. The van der Waals surface area contributed by atoms with Crippen molar-refractivity contribution in [2.45, 2.75) is 58.9 Å². The fraction of sp³-hybridized carbons (Fsp3) is 0.846. The molecule has 98 valence electrons. The van der Waals surface area contributed by atoms with E-state index >= 15 is 0 Å². The minimum atomic E-state index is -0.840. The first-order valence-corrected chi connectivity index (χ1v) is 6.30. The first kappa shape index (κ1) is 14.0. The van der Waals surface area contributed by atoms with Crippen molar-refractivity contribution in [2.24, 2.45) is 11.3 Å². The smallest absolute Gasteiger partial charge is 0.303 e. The van der Waals surface area contributed by atoms with Crippen molar-refractivity contribution in [2.75, 3.05) is 0 Å². The lowest BCUT2D eigenvalue weighted by atomic mass is 9.92. The standard InChI is InChI=1S/C13H23NO3/c1-9(7-12(16)17)6-11(15)14-10-4-5-13(2,3)8-10/h9-10H,4-8H2,1-3H3,(H,14,15)(H,16,17). The first-order chi connectivity index (χ1) is 7.78. The highest BCUT2D eigenvalue weighted by Gasteiger charge is 2.31. The van der Waals surface area contributed by atoms with E-state index < -0.39 is 5.97 Å². The van der Waals surface area contributed by atoms with Gasteiger partial charge in [-0.3, -0.25) is 9.59 Å². The molecule has 17 heavy (non-hydrogen) atoms. The van der Waals surface area contributed by atoms with Crippen molar-refractivity contribution < 1.29 is 14.7 Å². The summed E-state index contributed by atoms with van der Waals surface area (Å²) in [7, 11) is 0. The molecule has 1 fully saturated rings. The number of hydrogen-bond donors (Lipinski definition) is 2. The van der Waals surface area contributed by atoms with Gasteiger partial charge in [0.05, 0.1) is 0 Å². The maximum atomic E-state index is 11.7. The molecular weight excluding hydrogens is 218 g/mol. The topological polar surface area (TPSA) is 66.4 Å². The number of carboxylic acids is 1. The largest absolute Gasteiger partial charge is 0.481 e. The van der Waals surface area contributed by atoms with Gasteiger partial charge in [-0.25, -0.2) is 0 Å². The van der Waals surface area contributed by atoms with Gasteiger partial charge in [-0.2, -0.15) is 0 Å². The van der Waals surface area contributed by atoms with Gasteiger partial charge in [0, 0.05) is 18.9 Å². The van der Waals surface area contributed by atoms with Crippen molar-refractivity contribution in [3.05, 3.63) is 0 Å². The number of carboxylic acid groups (broad SMARTS) is 1. The minimum absolute atomic E-state index is 0.0125. The van der Waals surface area contributed by atoms with Crippen molar-refractivity contribution in [1.29, 1.82) is 0 Å². The average Bonchev–Trinajstić information content (AvgIpc) is 2.42. The Labute approximate surface area is 103 Å². The average molecular weight is 241 g/mol. The molecule has 4 heteroatoms. The summed E-state index contributed by atoms with van der Waals surface area (Å²) in [6.45, 7) is 6.23. The normalized spacial score (nSPS) is 24.3. The maximum absolute atomic E-state index is 11.7. The molecular formula is C13H23NO3. The van der Waals surface area contributed by atoms with Crippen LogP contribution in [0.1, 0.15) is 52.9 Å². The second kappa shape index (κ2) is 5.52. The van der Waals surface area contributed by atoms with Crippen LogP contribution in [0.5, 0.6) is 0 Å². The molecule has 1 amide bonds. The van der Waals surface area contributed by atoms with Gasteiger partial charge < -0.3 is 10.4 Å². The Kier molecular flexibility index (Phi) is 4.54. The van der Waals surface area contributed by atoms with Gasteiger partial charge in [-0.1, -0.05) is 20.8 Å². The third-order valence-electron chi connectivity index (χ3n) is 3.39. The third kappa shape index (κ3) is 5.20. The van der Waals surface area contributed by atoms with Gasteiger partial charge in [0.15, 0.2) is 0 Å². The highest BCUT2D eigenvalue weighted by atomic mass is 16.4. The second-order valence-corrected chi connectivity index (χ2v) is 6.08. The summed E-state index contributed by atoms with van der Waals surface area (Å²) >= 11 is 0. The molecule has 1 rings (SSSR count). The van der Waals surface area contributed by atoms with Crippen LogP contribution in [0.3, 0.4) is 0 Å². The Hall–Kier alpha value is -1.06. The lowest BCUT2D eigenvalue weighted by molar-refractivity contribution is -0.138. The zero-order valence-corrected chi connectivity index (χ0v) is 11.0. The lowest BCUT2D eigenvalue weighted by Gasteiger charge is -2.18. The second-order valence-electron chi connectivity index (χ2n) is 6.08. The lowest BCUT2D eigenvalue weighted by Crippen LogP contribution is -2.34. The van der Waals surface area contributed by atoms with E-state index in [0.29, 0.717) is 11.8 Å². The molecule has 4 nitrogen and oxygen atoms in total. The van der Waals surface area contributed by atoms with Gasteiger partial charge in [0.1, 0.15) is 0 Å². The summed E-state index contributed by atoms with van der Waals surface area (Å²) in [5, 5.41) is 11.6. The number of carbonyl (C=O) groups is 2. The Balaban J connectivity index is 2.28. The van der Waals surface area contributed by atoms with Gasteiger partial charge in [-0.15, -0.1) is 0 Å². The molecule has 0 aromatic heterocycles. The van der Waals surface area contributed by atoms with E-state index in [2.05, 4.69) is 19.2 Å². The molecule has 2 unspecified atom stereocenters. The SMILES string of the molecule is CC(CC(=O)O)CC(=O)NC1CCC(C)(C)C1. The molecule has 0 aromatic carbocycles. The molecule has 0 radical (unpaired) electrons.